The monoisotopic (exact) mass is 385 g/mol. The lowest BCUT2D eigenvalue weighted by molar-refractivity contribution is -0.141. The normalized spacial score (nSPS) is 25.6. The lowest BCUT2D eigenvalue weighted by Gasteiger charge is -2.05. The highest BCUT2D eigenvalue weighted by Crippen LogP contribution is 2.64. The number of sulfone groups is 1. The van der Waals surface area contributed by atoms with E-state index < -0.39 is 32.4 Å². The van der Waals surface area contributed by atoms with Gasteiger partial charge in [-0.3, -0.25) is 4.79 Å². The van der Waals surface area contributed by atoms with Crippen molar-refractivity contribution < 1.29 is 27.8 Å². The number of carbonyl (C=O) groups is 1. The topological polar surface area (TPSA) is 114 Å². The van der Waals surface area contributed by atoms with Crippen LogP contribution in [-0.2, 0) is 14.6 Å². The van der Waals surface area contributed by atoms with Gasteiger partial charge in [0.15, 0.2) is 26.8 Å². The van der Waals surface area contributed by atoms with Crippen molar-refractivity contribution in [2.45, 2.75) is 23.0 Å². The molecule has 1 heterocycles. The number of ether oxygens (including phenoxy) is 2. The molecule has 1 N–H and O–H groups in total. The molecule has 2 aliphatic rings. The highest BCUT2D eigenvalue weighted by Gasteiger charge is 2.77. The van der Waals surface area contributed by atoms with Crippen LogP contribution in [0.3, 0.4) is 0 Å². The molecule has 0 saturated heterocycles. The first-order valence-electron chi connectivity index (χ1n) is 8.17. The lowest BCUT2D eigenvalue weighted by Crippen LogP contribution is -2.22. The predicted molar refractivity (Wildman–Crippen MR) is 93.1 cm³/mol. The van der Waals surface area contributed by atoms with Gasteiger partial charge in [-0.2, -0.15) is 5.26 Å². The number of aryl methyl sites for hydroxylation is 1. The molecule has 1 saturated carbocycles. The number of hydrogen-bond acceptors (Lipinski definition) is 6. The van der Waals surface area contributed by atoms with E-state index in [2.05, 4.69) is 0 Å². The summed E-state index contributed by atoms with van der Waals surface area (Å²) < 4.78 is 36.8. The SMILES string of the molecule is Cc1ccc(S(=O)(=O)[C@H]2[C@H](c3ccc4c(c3)OCO4)[C@@]2(C#N)C(=O)O)cc1. The van der Waals surface area contributed by atoms with Crippen LogP contribution in [0.25, 0.3) is 0 Å². The minimum absolute atomic E-state index is 0.00205. The maximum atomic E-state index is 13.1. The molecule has 0 unspecified atom stereocenters. The van der Waals surface area contributed by atoms with Gasteiger partial charge in [-0.1, -0.05) is 23.8 Å². The van der Waals surface area contributed by atoms with E-state index in [1.165, 1.54) is 12.1 Å². The van der Waals surface area contributed by atoms with E-state index in [0.717, 1.165) is 5.56 Å². The Bertz CT molecular complexity index is 1090. The quantitative estimate of drug-likeness (QED) is 0.858. The standard InChI is InChI=1S/C19H15NO6S/c1-11-2-5-13(6-3-11)27(23,24)17-16(19(17,9-20)18(21)22)12-4-7-14-15(8-12)26-10-25-14/h2-8,16-17H,10H2,1H3,(H,21,22)/t16-,17-,19+/m0/s1. The van der Waals surface area contributed by atoms with E-state index in [4.69, 9.17) is 9.47 Å². The summed E-state index contributed by atoms with van der Waals surface area (Å²) in [4.78, 5) is 11.9. The third-order valence-corrected chi connectivity index (χ3v) is 7.35. The molecule has 2 aromatic carbocycles. The number of nitrogens with zero attached hydrogens (tertiary/aromatic N) is 1. The van der Waals surface area contributed by atoms with Gasteiger partial charge in [-0.05, 0) is 36.8 Å². The van der Waals surface area contributed by atoms with Crippen molar-refractivity contribution in [2.75, 3.05) is 6.79 Å². The minimum atomic E-state index is -4.03. The van der Waals surface area contributed by atoms with Crippen molar-refractivity contribution in [3.05, 3.63) is 53.6 Å². The van der Waals surface area contributed by atoms with Crippen LogP contribution < -0.4 is 9.47 Å². The fourth-order valence-corrected chi connectivity index (χ4v) is 5.88. The van der Waals surface area contributed by atoms with Crippen LogP contribution in [0.1, 0.15) is 17.0 Å². The largest absolute Gasteiger partial charge is 0.480 e. The summed E-state index contributed by atoms with van der Waals surface area (Å²) in [6, 6.07) is 12.6. The van der Waals surface area contributed by atoms with Gasteiger partial charge in [0.25, 0.3) is 0 Å². The van der Waals surface area contributed by atoms with E-state index in [1.54, 1.807) is 36.4 Å². The summed E-state index contributed by atoms with van der Waals surface area (Å²) >= 11 is 0. The first kappa shape index (κ1) is 17.4. The molecule has 8 heteroatoms. The average molecular weight is 385 g/mol. The van der Waals surface area contributed by atoms with Crippen molar-refractivity contribution >= 4 is 15.8 Å². The number of aliphatic carboxylic acids is 1. The van der Waals surface area contributed by atoms with E-state index in [0.29, 0.717) is 17.1 Å². The molecular formula is C19H15NO6S. The molecule has 1 fully saturated rings. The minimum Gasteiger partial charge on any atom is -0.480 e. The summed E-state index contributed by atoms with van der Waals surface area (Å²) in [5, 5.41) is 18.0. The molecule has 7 nitrogen and oxygen atoms in total. The Morgan fingerprint density at radius 2 is 1.85 bits per heavy atom. The molecule has 3 atom stereocenters. The Balaban J connectivity index is 1.82. The Morgan fingerprint density at radius 1 is 1.19 bits per heavy atom. The van der Waals surface area contributed by atoms with Crippen LogP contribution in [0.4, 0.5) is 0 Å². The van der Waals surface area contributed by atoms with E-state index in [-0.39, 0.29) is 11.7 Å². The fraction of sp³-hybridized carbons (Fsp3) is 0.263. The van der Waals surface area contributed by atoms with E-state index in [1.807, 2.05) is 6.92 Å². The number of nitriles is 1. The van der Waals surface area contributed by atoms with Gasteiger partial charge in [0.1, 0.15) is 5.25 Å². The number of carboxylic acid groups (broad SMARTS) is 1. The average Bonchev–Trinajstić information content (AvgIpc) is 3.15. The predicted octanol–water partition coefficient (Wildman–Crippen LogP) is 2.26. The van der Waals surface area contributed by atoms with Gasteiger partial charge in [0, 0.05) is 5.92 Å². The first-order valence-corrected chi connectivity index (χ1v) is 9.72. The van der Waals surface area contributed by atoms with Crippen LogP contribution in [0.2, 0.25) is 0 Å². The fourth-order valence-electron chi connectivity index (χ4n) is 3.63. The zero-order valence-electron chi connectivity index (χ0n) is 14.2. The summed E-state index contributed by atoms with van der Waals surface area (Å²) in [5.74, 6) is -1.55. The molecule has 0 radical (unpaired) electrons. The Morgan fingerprint density at radius 3 is 2.48 bits per heavy atom. The number of fused-ring (bicyclic) bond motifs is 1. The smallest absolute Gasteiger partial charge is 0.326 e. The zero-order valence-corrected chi connectivity index (χ0v) is 15.1. The van der Waals surface area contributed by atoms with Crippen LogP contribution in [0.15, 0.2) is 47.4 Å². The van der Waals surface area contributed by atoms with Gasteiger partial charge in [0.05, 0.1) is 11.0 Å². The van der Waals surface area contributed by atoms with Crippen molar-refractivity contribution in [2.24, 2.45) is 5.41 Å². The van der Waals surface area contributed by atoms with Crippen molar-refractivity contribution in [1.29, 1.82) is 5.26 Å². The third kappa shape index (κ3) is 2.39. The van der Waals surface area contributed by atoms with E-state index in [9.17, 15) is 23.6 Å². The molecule has 4 rings (SSSR count). The number of hydrogen-bond donors (Lipinski definition) is 1. The van der Waals surface area contributed by atoms with Crippen LogP contribution in [-0.4, -0.2) is 31.5 Å². The summed E-state index contributed by atoms with van der Waals surface area (Å²) in [6.45, 7) is 1.86. The molecular weight excluding hydrogens is 370 g/mol. The first-order chi connectivity index (χ1) is 12.8. The van der Waals surface area contributed by atoms with Gasteiger partial charge in [-0.25, -0.2) is 8.42 Å². The Labute approximate surface area is 155 Å². The summed E-state index contributed by atoms with van der Waals surface area (Å²) in [7, 11) is -4.03. The molecule has 0 bridgehead atoms. The molecule has 1 aliphatic heterocycles. The number of carboxylic acids is 1. The van der Waals surface area contributed by atoms with Crippen LogP contribution in [0.5, 0.6) is 11.5 Å². The Kier molecular flexibility index (Phi) is 3.68. The summed E-state index contributed by atoms with van der Waals surface area (Å²) in [5.41, 5.74) is -0.747. The molecule has 138 valence electrons. The van der Waals surface area contributed by atoms with Crippen molar-refractivity contribution in [1.82, 2.24) is 0 Å². The second-order valence-corrected chi connectivity index (χ2v) is 8.72. The van der Waals surface area contributed by atoms with E-state index >= 15 is 0 Å². The molecule has 1 aliphatic carbocycles. The van der Waals surface area contributed by atoms with Gasteiger partial charge in [0.2, 0.25) is 6.79 Å². The second kappa shape index (κ2) is 5.72. The maximum absolute atomic E-state index is 13.1. The zero-order chi connectivity index (χ0) is 19.4. The highest BCUT2D eigenvalue weighted by atomic mass is 32.2. The molecule has 0 amide bonds. The lowest BCUT2D eigenvalue weighted by atomic mass is 10.0. The summed E-state index contributed by atoms with van der Waals surface area (Å²) in [6.07, 6.45) is 0. The number of rotatable bonds is 4. The van der Waals surface area contributed by atoms with Crippen molar-refractivity contribution in [3.63, 3.8) is 0 Å². The van der Waals surface area contributed by atoms with Crippen LogP contribution in [0, 0.1) is 23.7 Å². The van der Waals surface area contributed by atoms with Gasteiger partial charge >= 0.3 is 5.97 Å². The second-order valence-electron chi connectivity index (χ2n) is 6.66. The van der Waals surface area contributed by atoms with Gasteiger partial charge < -0.3 is 14.6 Å². The van der Waals surface area contributed by atoms with Crippen molar-refractivity contribution in [3.8, 4) is 17.6 Å². The molecule has 27 heavy (non-hydrogen) atoms. The van der Waals surface area contributed by atoms with Gasteiger partial charge in [-0.15, -0.1) is 0 Å². The third-order valence-electron chi connectivity index (χ3n) is 5.11. The highest BCUT2D eigenvalue weighted by molar-refractivity contribution is 7.92. The number of benzene rings is 2. The molecule has 0 spiro atoms. The van der Waals surface area contributed by atoms with Crippen LogP contribution >= 0.6 is 0 Å². The molecule has 2 aromatic rings. The maximum Gasteiger partial charge on any atom is 0.326 e. The Hall–Kier alpha value is -3.05. The molecule has 0 aromatic heterocycles.